The Morgan fingerprint density at radius 3 is 2.56 bits per heavy atom. The minimum absolute atomic E-state index is 0.206. The summed E-state index contributed by atoms with van der Waals surface area (Å²) in [5.74, 6) is 1.03. The SMILES string of the molecule is Cc1ccc(-c2csc3ncnc(N4C[C@@H](C)O[C@H](C)C4)c23)cc1C. The summed E-state index contributed by atoms with van der Waals surface area (Å²) >= 11 is 1.69. The second kappa shape index (κ2) is 6.39. The van der Waals surface area contributed by atoms with Crippen LogP contribution in [0, 0.1) is 13.8 Å². The van der Waals surface area contributed by atoms with Gasteiger partial charge in [-0.05, 0) is 44.4 Å². The standard InChI is InChI=1S/C20H23N3OS/c1-12-5-6-16(7-13(12)2)17-10-25-20-18(17)19(21-11-22-20)23-8-14(3)24-15(4)9-23/h5-7,10-11,14-15H,8-9H2,1-4H3/t14-,15-/m1/s1. The third-order valence-electron chi connectivity index (χ3n) is 4.89. The normalized spacial score (nSPS) is 21.0. The molecule has 130 valence electrons. The highest BCUT2D eigenvalue weighted by atomic mass is 32.1. The largest absolute Gasteiger partial charge is 0.372 e. The lowest BCUT2D eigenvalue weighted by molar-refractivity contribution is -0.00537. The second-order valence-corrected chi connectivity index (χ2v) is 7.85. The Kier molecular flexibility index (Phi) is 4.21. The average molecular weight is 353 g/mol. The summed E-state index contributed by atoms with van der Waals surface area (Å²) in [4.78, 5) is 12.6. The lowest BCUT2D eigenvalue weighted by Crippen LogP contribution is -2.45. The fourth-order valence-electron chi connectivity index (χ4n) is 3.57. The summed E-state index contributed by atoms with van der Waals surface area (Å²) in [6, 6.07) is 6.65. The maximum atomic E-state index is 5.89. The minimum atomic E-state index is 0.206. The Morgan fingerprint density at radius 1 is 1.08 bits per heavy atom. The molecule has 0 saturated carbocycles. The molecule has 2 aromatic heterocycles. The number of aryl methyl sites for hydroxylation is 2. The van der Waals surface area contributed by atoms with Gasteiger partial charge >= 0.3 is 0 Å². The van der Waals surface area contributed by atoms with E-state index in [1.165, 1.54) is 22.3 Å². The van der Waals surface area contributed by atoms with E-state index in [-0.39, 0.29) is 12.2 Å². The fraction of sp³-hybridized carbons (Fsp3) is 0.400. The van der Waals surface area contributed by atoms with Gasteiger partial charge in [-0.15, -0.1) is 11.3 Å². The molecule has 0 unspecified atom stereocenters. The lowest BCUT2D eigenvalue weighted by Gasteiger charge is -2.36. The topological polar surface area (TPSA) is 38.2 Å². The number of rotatable bonds is 2. The number of thiophene rings is 1. The van der Waals surface area contributed by atoms with Crippen LogP contribution in [0.4, 0.5) is 5.82 Å². The van der Waals surface area contributed by atoms with Crippen molar-refractivity contribution in [2.45, 2.75) is 39.9 Å². The molecular formula is C20H23N3OS. The van der Waals surface area contributed by atoms with Crippen molar-refractivity contribution in [2.75, 3.05) is 18.0 Å². The van der Waals surface area contributed by atoms with Gasteiger partial charge in [-0.3, -0.25) is 0 Å². The van der Waals surface area contributed by atoms with Gasteiger partial charge in [0.05, 0.1) is 17.6 Å². The molecule has 2 atom stereocenters. The predicted octanol–water partition coefficient (Wildman–Crippen LogP) is 4.59. The molecule has 3 aromatic rings. The Morgan fingerprint density at radius 2 is 1.84 bits per heavy atom. The van der Waals surface area contributed by atoms with Gasteiger partial charge in [-0.1, -0.05) is 18.2 Å². The van der Waals surface area contributed by atoms with E-state index in [1.54, 1.807) is 17.7 Å². The van der Waals surface area contributed by atoms with Crippen LogP contribution in [0.25, 0.3) is 21.3 Å². The minimum Gasteiger partial charge on any atom is -0.372 e. The maximum Gasteiger partial charge on any atom is 0.141 e. The quantitative estimate of drug-likeness (QED) is 0.675. The van der Waals surface area contributed by atoms with Crippen molar-refractivity contribution in [3.8, 4) is 11.1 Å². The van der Waals surface area contributed by atoms with Gasteiger partial charge in [0.15, 0.2) is 0 Å². The molecule has 5 heteroatoms. The molecule has 0 spiro atoms. The highest BCUT2D eigenvalue weighted by Gasteiger charge is 2.26. The molecule has 0 N–H and O–H groups in total. The summed E-state index contributed by atoms with van der Waals surface area (Å²) in [6.07, 6.45) is 2.10. The van der Waals surface area contributed by atoms with Gasteiger partial charge in [-0.25, -0.2) is 9.97 Å². The summed E-state index contributed by atoms with van der Waals surface area (Å²) in [7, 11) is 0. The van der Waals surface area contributed by atoms with E-state index < -0.39 is 0 Å². The van der Waals surface area contributed by atoms with Crippen LogP contribution in [0.1, 0.15) is 25.0 Å². The van der Waals surface area contributed by atoms with E-state index >= 15 is 0 Å². The van der Waals surface area contributed by atoms with Gasteiger partial charge in [0.2, 0.25) is 0 Å². The van der Waals surface area contributed by atoms with Crippen LogP contribution in [-0.2, 0) is 4.74 Å². The number of benzene rings is 1. The van der Waals surface area contributed by atoms with Crippen LogP contribution < -0.4 is 4.90 Å². The number of hydrogen-bond acceptors (Lipinski definition) is 5. The van der Waals surface area contributed by atoms with Crippen molar-refractivity contribution >= 4 is 27.4 Å². The molecule has 1 aromatic carbocycles. The van der Waals surface area contributed by atoms with E-state index in [2.05, 4.69) is 66.1 Å². The van der Waals surface area contributed by atoms with Crippen molar-refractivity contribution in [2.24, 2.45) is 0 Å². The molecule has 0 radical (unpaired) electrons. The molecule has 0 bridgehead atoms. The Hall–Kier alpha value is -1.98. The number of aromatic nitrogens is 2. The lowest BCUT2D eigenvalue weighted by atomic mass is 10.0. The van der Waals surface area contributed by atoms with Gasteiger partial charge in [0, 0.05) is 24.0 Å². The average Bonchev–Trinajstić information content (AvgIpc) is 3.00. The van der Waals surface area contributed by atoms with Gasteiger partial charge in [0.1, 0.15) is 17.0 Å². The molecule has 1 fully saturated rings. The van der Waals surface area contributed by atoms with Crippen molar-refractivity contribution in [1.29, 1.82) is 0 Å². The van der Waals surface area contributed by atoms with E-state index in [4.69, 9.17) is 4.74 Å². The first-order valence-corrected chi connectivity index (χ1v) is 9.61. The van der Waals surface area contributed by atoms with Crippen LogP contribution in [0.15, 0.2) is 29.9 Å². The third kappa shape index (κ3) is 3.02. The van der Waals surface area contributed by atoms with Gasteiger partial charge in [-0.2, -0.15) is 0 Å². The molecule has 3 heterocycles. The third-order valence-corrected chi connectivity index (χ3v) is 5.77. The zero-order valence-corrected chi connectivity index (χ0v) is 15.9. The summed E-state index contributed by atoms with van der Waals surface area (Å²) in [5, 5.41) is 3.37. The monoisotopic (exact) mass is 353 g/mol. The van der Waals surface area contributed by atoms with Crippen LogP contribution in [0.3, 0.4) is 0 Å². The van der Waals surface area contributed by atoms with E-state index in [0.29, 0.717) is 0 Å². The molecule has 1 aliphatic rings. The Balaban J connectivity index is 1.86. The zero-order valence-electron chi connectivity index (χ0n) is 15.1. The second-order valence-electron chi connectivity index (χ2n) is 6.99. The molecule has 1 aliphatic heterocycles. The molecule has 4 nitrogen and oxygen atoms in total. The van der Waals surface area contributed by atoms with Crippen molar-refractivity contribution < 1.29 is 4.74 Å². The van der Waals surface area contributed by atoms with Crippen LogP contribution in [0.5, 0.6) is 0 Å². The van der Waals surface area contributed by atoms with Crippen LogP contribution >= 0.6 is 11.3 Å². The molecule has 25 heavy (non-hydrogen) atoms. The number of nitrogens with zero attached hydrogens (tertiary/aromatic N) is 3. The summed E-state index contributed by atoms with van der Waals surface area (Å²) < 4.78 is 5.89. The molecular weight excluding hydrogens is 330 g/mol. The first-order valence-electron chi connectivity index (χ1n) is 8.73. The van der Waals surface area contributed by atoms with E-state index in [9.17, 15) is 0 Å². The molecule has 0 aliphatic carbocycles. The molecule has 4 rings (SSSR count). The zero-order chi connectivity index (χ0) is 17.6. The number of anilines is 1. The van der Waals surface area contributed by atoms with Crippen molar-refractivity contribution in [3.05, 3.63) is 41.0 Å². The number of hydrogen-bond donors (Lipinski definition) is 0. The number of ether oxygens (including phenoxy) is 1. The first kappa shape index (κ1) is 16.5. The van der Waals surface area contributed by atoms with Gasteiger partial charge < -0.3 is 9.64 Å². The number of morpholine rings is 1. The molecule has 1 saturated heterocycles. The predicted molar refractivity (Wildman–Crippen MR) is 105 cm³/mol. The van der Waals surface area contributed by atoms with Gasteiger partial charge in [0.25, 0.3) is 0 Å². The fourth-order valence-corrected chi connectivity index (χ4v) is 4.48. The summed E-state index contributed by atoms with van der Waals surface area (Å²) in [6.45, 7) is 10.3. The summed E-state index contributed by atoms with van der Waals surface area (Å²) in [5.41, 5.74) is 5.09. The number of fused-ring (bicyclic) bond motifs is 1. The smallest absolute Gasteiger partial charge is 0.141 e. The Bertz CT molecular complexity index is 910. The molecule has 0 amide bonds. The first-order chi connectivity index (χ1) is 12.0. The Labute approximate surface area is 152 Å². The van der Waals surface area contributed by atoms with Crippen LogP contribution in [0.2, 0.25) is 0 Å². The van der Waals surface area contributed by atoms with E-state index in [1.807, 2.05) is 0 Å². The van der Waals surface area contributed by atoms with E-state index in [0.717, 1.165) is 29.1 Å². The highest BCUT2D eigenvalue weighted by Crippen LogP contribution is 2.39. The van der Waals surface area contributed by atoms with Crippen molar-refractivity contribution in [3.63, 3.8) is 0 Å². The highest BCUT2D eigenvalue weighted by molar-refractivity contribution is 7.17. The maximum absolute atomic E-state index is 5.89. The van der Waals surface area contributed by atoms with Crippen molar-refractivity contribution in [1.82, 2.24) is 9.97 Å². The van der Waals surface area contributed by atoms with Crippen LogP contribution in [-0.4, -0.2) is 35.3 Å².